The molecule has 2 aromatic rings. The van der Waals surface area contributed by atoms with Crippen LogP contribution in [-0.2, 0) is 0 Å². The summed E-state index contributed by atoms with van der Waals surface area (Å²) in [5, 5.41) is 0.519. The van der Waals surface area contributed by atoms with Crippen LogP contribution in [0.2, 0.25) is 0 Å². The molecule has 0 aliphatic rings. The molecule has 1 aromatic heterocycles. The molecule has 0 amide bonds. The Balaban J connectivity index is 2.45. The van der Waals surface area contributed by atoms with Crippen LogP contribution in [0.3, 0.4) is 0 Å². The lowest BCUT2D eigenvalue weighted by atomic mass is 10.2. The lowest BCUT2D eigenvalue weighted by Crippen LogP contribution is -2.14. The number of benzene rings is 1. The van der Waals surface area contributed by atoms with E-state index in [9.17, 15) is 4.79 Å². The summed E-state index contributed by atoms with van der Waals surface area (Å²) < 4.78 is 0. The van der Waals surface area contributed by atoms with E-state index in [-0.39, 0.29) is 5.69 Å². The molecule has 1 aromatic carbocycles. The first-order valence-electron chi connectivity index (χ1n) is 4.96. The van der Waals surface area contributed by atoms with Crippen molar-refractivity contribution in [3.63, 3.8) is 0 Å². The molecule has 82 valence electrons. The molecule has 5 heteroatoms. The summed E-state index contributed by atoms with van der Waals surface area (Å²) in [5.41, 5.74) is 0.532. The van der Waals surface area contributed by atoms with E-state index in [2.05, 4.69) is 15.0 Å². The Kier molecular flexibility index (Phi) is 3.36. The molecule has 1 heterocycles. The molecular weight excluding hydrogens is 222 g/mol. The van der Waals surface area contributed by atoms with Crippen molar-refractivity contribution in [3.8, 4) is 11.4 Å². The number of thioether (sulfide) groups is 1. The minimum Gasteiger partial charge on any atom is -0.290 e. The second kappa shape index (κ2) is 4.94. The zero-order valence-electron chi connectivity index (χ0n) is 8.80. The average Bonchev–Trinajstić information content (AvgIpc) is 2.30. The van der Waals surface area contributed by atoms with Gasteiger partial charge in [0.1, 0.15) is 5.82 Å². The zero-order chi connectivity index (χ0) is 11.4. The van der Waals surface area contributed by atoms with Crippen LogP contribution in [0.1, 0.15) is 6.92 Å². The van der Waals surface area contributed by atoms with Gasteiger partial charge < -0.3 is 0 Å². The Bertz CT molecular complexity index is 524. The number of aromatic amines is 1. The Labute approximate surface area is 97.2 Å². The Morgan fingerprint density at radius 1 is 1.25 bits per heavy atom. The maximum absolute atomic E-state index is 11.3. The molecule has 0 saturated heterocycles. The van der Waals surface area contributed by atoms with Gasteiger partial charge in [0, 0.05) is 5.56 Å². The maximum Gasteiger partial charge on any atom is 0.349 e. The highest BCUT2D eigenvalue weighted by Gasteiger charge is 2.04. The molecule has 0 saturated carbocycles. The molecule has 0 bridgehead atoms. The van der Waals surface area contributed by atoms with Crippen LogP contribution < -0.4 is 5.69 Å². The number of nitrogens with one attached hydrogen (secondary N) is 1. The van der Waals surface area contributed by atoms with Gasteiger partial charge in [-0.2, -0.15) is 4.98 Å². The summed E-state index contributed by atoms with van der Waals surface area (Å²) in [7, 11) is 0. The highest BCUT2D eigenvalue weighted by Crippen LogP contribution is 2.15. The second-order valence-electron chi connectivity index (χ2n) is 3.08. The molecular formula is C11H11N3OS. The van der Waals surface area contributed by atoms with E-state index in [4.69, 9.17) is 0 Å². The van der Waals surface area contributed by atoms with Crippen molar-refractivity contribution in [2.45, 2.75) is 12.1 Å². The van der Waals surface area contributed by atoms with Crippen molar-refractivity contribution in [1.29, 1.82) is 0 Å². The van der Waals surface area contributed by atoms with Crippen LogP contribution in [0.25, 0.3) is 11.4 Å². The topological polar surface area (TPSA) is 58.6 Å². The summed E-state index contributed by atoms with van der Waals surface area (Å²) in [6, 6.07) is 9.53. The molecule has 0 aliphatic heterocycles. The van der Waals surface area contributed by atoms with E-state index in [1.54, 1.807) is 0 Å². The molecule has 0 aliphatic carbocycles. The first-order chi connectivity index (χ1) is 7.79. The maximum atomic E-state index is 11.3. The summed E-state index contributed by atoms with van der Waals surface area (Å²) >= 11 is 1.46. The third-order valence-corrected chi connectivity index (χ3v) is 2.68. The van der Waals surface area contributed by atoms with Crippen molar-refractivity contribution >= 4 is 11.8 Å². The summed E-state index contributed by atoms with van der Waals surface area (Å²) in [5.74, 6) is 1.41. The van der Waals surface area contributed by atoms with Crippen molar-refractivity contribution in [2.24, 2.45) is 0 Å². The van der Waals surface area contributed by atoms with Gasteiger partial charge >= 0.3 is 5.69 Å². The fourth-order valence-corrected chi connectivity index (χ4v) is 1.85. The standard InChI is InChI=1S/C11H11N3OS/c1-2-16-11-13-9(12-10(15)14-11)8-6-4-3-5-7-8/h3-7H,2H2,1H3,(H,12,13,14,15). The Morgan fingerprint density at radius 3 is 2.69 bits per heavy atom. The average molecular weight is 233 g/mol. The molecule has 16 heavy (non-hydrogen) atoms. The smallest absolute Gasteiger partial charge is 0.290 e. The number of hydrogen-bond acceptors (Lipinski definition) is 4. The predicted molar refractivity (Wildman–Crippen MR) is 64.5 cm³/mol. The summed E-state index contributed by atoms with van der Waals surface area (Å²) in [4.78, 5) is 22.1. The molecule has 0 fully saturated rings. The van der Waals surface area contributed by atoms with Crippen LogP contribution in [0.4, 0.5) is 0 Å². The van der Waals surface area contributed by atoms with Crippen molar-refractivity contribution in [1.82, 2.24) is 15.0 Å². The van der Waals surface area contributed by atoms with Crippen LogP contribution in [0.5, 0.6) is 0 Å². The number of H-pyrrole nitrogens is 1. The summed E-state index contributed by atoms with van der Waals surface area (Å²) in [6.45, 7) is 2.00. The molecule has 2 rings (SSSR count). The van der Waals surface area contributed by atoms with Gasteiger partial charge in [0.25, 0.3) is 0 Å². The van der Waals surface area contributed by atoms with E-state index >= 15 is 0 Å². The third kappa shape index (κ3) is 2.49. The molecule has 0 spiro atoms. The van der Waals surface area contributed by atoms with Gasteiger partial charge in [-0.15, -0.1) is 0 Å². The van der Waals surface area contributed by atoms with Gasteiger partial charge in [-0.3, -0.25) is 4.98 Å². The third-order valence-electron chi connectivity index (χ3n) is 1.95. The molecule has 1 N–H and O–H groups in total. The molecule has 0 radical (unpaired) electrons. The first kappa shape index (κ1) is 10.9. The number of nitrogens with zero attached hydrogens (tertiary/aromatic N) is 2. The van der Waals surface area contributed by atoms with E-state index in [1.807, 2.05) is 37.3 Å². The van der Waals surface area contributed by atoms with Crippen LogP contribution in [-0.4, -0.2) is 20.7 Å². The lowest BCUT2D eigenvalue weighted by molar-refractivity contribution is 0.870. The van der Waals surface area contributed by atoms with Crippen LogP contribution in [0.15, 0.2) is 40.3 Å². The highest BCUT2D eigenvalue weighted by molar-refractivity contribution is 7.99. The number of aromatic nitrogens is 3. The lowest BCUT2D eigenvalue weighted by Gasteiger charge is -2.01. The van der Waals surface area contributed by atoms with Gasteiger partial charge in [0.15, 0.2) is 5.16 Å². The van der Waals surface area contributed by atoms with Gasteiger partial charge in [-0.25, -0.2) is 9.78 Å². The minimum atomic E-state index is -0.357. The normalized spacial score (nSPS) is 10.3. The monoisotopic (exact) mass is 233 g/mol. The van der Waals surface area contributed by atoms with E-state index in [1.165, 1.54) is 11.8 Å². The fourth-order valence-electron chi connectivity index (χ4n) is 1.29. The Morgan fingerprint density at radius 2 is 2.00 bits per heavy atom. The quantitative estimate of drug-likeness (QED) is 0.823. The van der Waals surface area contributed by atoms with Crippen molar-refractivity contribution in [3.05, 3.63) is 40.8 Å². The van der Waals surface area contributed by atoms with Gasteiger partial charge in [0.05, 0.1) is 0 Å². The van der Waals surface area contributed by atoms with Crippen molar-refractivity contribution < 1.29 is 0 Å². The minimum absolute atomic E-state index is 0.357. The second-order valence-corrected chi connectivity index (χ2v) is 4.32. The van der Waals surface area contributed by atoms with Crippen LogP contribution >= 0.6 is 11.8 Å². The number of rotatable bonds is 3. The van der Waals surface area contributed by atoms with Crippen LogP contribution in [0, 0.1) is 0 Å². The van der Waals surface area contributed by atoms with Gasteiger partial charge in [0.2, 0.25) is 0 Å². The van der Waals surface area contributed by atoms with E-state index in [0.717, 1.165) is 11.3 Å². The SMILES string of the molecule is CCSc1nc(-c2ccccc2)[nH]c(=O)n1. The van der Waals surface area contributed by atoms with E-state index < -0.39 is 0 Å². The van der Waals surface area contributed by atoms with Crippen molar-refractivity contribution in [2.75, 3.05) is 5.75 Å². The Hall–Kier alpha value is -1.62. The van der Waals surface area contributed by atoms with E-state index in [0.29, 0.717) is 11.0 Å². The zero-order valence-corrected chi connectivity index (χ0v) is 9.62. The number of hydrogen-bond donors (Lipinski definition) is 1. The van der Waals surface area contributed by atoms with Gasteiger partial charge in [-0.1, -0.05) is 49.0 Å². The predicted octanol–water partition coefficient (Wildman–Crippen LogP) is 1.94. The molecule has 0 atom stereocenters. The molecule has 0 unspecified atom stereocenters. The largest absolute Gasteiger partial charge is 0.349 e. The summed E-state index contributed by atoms with van der Waals surface area (Å²) in [6.07, 6.45) is 0. The fraction of sp³-hybridized carbons (Fsp3) is 0.182. The first-order valence-corrected chi connectivity index (χ1v) is 5.94. The highest BCUT2D eigenvalue weighted by atomic mass is 32.2. The molecule has 4 nitrogen and oxygen atoms in total. The van der Waals surface area contributed by atoms with Gasteiger partial charge in [-0.05, 0) is 5.75 Å².